The lowest BCUT2D eigenvalue weighted by atomic mass is 9.88. The van der Waals surface area contributed by atoms with E-state index in [-0.39, 0.29) is 17.7 Å². The molecule has 1 saturated heterocycles. The highest BCUT2D eigenvalue weighted by molar-refractivity contribution is 6.30. The van der Waals surface area contributed by atoms with E-state index >= 15 is 0 Å². The zero-order chi connectivity index (χ0) is 17.9. The number of fused-ring (bicyclic) bond motifs is 1. The average Bonchev–Trinajstić information content (AvgIpc) is 3.16. The van der Waals surface area contributed by atoms with Crippen molar-refractivity contribution < 1.29 is 4.79 Å². The predicted molar refractivity (Wildman–Crippen MR) is 106 cm³/mol. The quantitative estimate of drug-likeness (QED) is 0.731. The van der Waals surface area contributed by atoms with Gasteiger partial charge in [-0.3, -0.25) is 4.79 Å². The second-order valence-corrected chi connectivity index (χ2v) is 7.22. The van der Waals surface area contributed by atoms with Crippen LogP contribution in [0.2, 0.25) is 5.02 Å². The van der Waals surface area contributed by atoms with Crippen LogP contribution in [0.1, 0.15) is 17.0 Å². The third-order valence-electron chi connectivity index (χ3n) is 5.18. The highest BCUT2D eigenvalue weighted by Crippen LogP contribution is 2.29. The smallest absolute Gasteiger partial charge is 0.225 e. The monoisotopic (exact) mass is 364 g/mol. The Morgan fingerprint density at radius 3 is 2.62 bits per heavy atom. The molecule has 3 nitrogen and oxygen atoms in total. The highest BCUT2D eigenvalue weighted by atomic mass is 35.5. The van der Waals surface area contributed by atoms with Gasteiger partial charge in [-0.2, -0.15) is 0 Å². The van der Waals surface area contributed by atoms with Gasteiger partial charge in [-0.05, 0) is 34.0 Å². The number of carbonyl (C=O) groups excluding carboxylic acids is 1. The molecule has 4 rings (SSSR count). The fourth-order valence-corrected chi connectivity index (χ4v) is 3.90. The van der Waals surface area contributed by atoms with Gasteiger partial charge in [0.25, 0.3) is 0 Å². The standard InChI is InChI=1S/C22H21ClN2O/c23-18-10-8-16(9-11-18)20-13-24-14-21(20)22(26)25-12-17-6-3-5-15-4-1-2-7-19(15)17/h1-11,20-21,24H,12-14H2,(H,25,26). The first-order valence-corrected chi connectivity index (χ1v) is 9.31. The minimum atomic E-state index is -0.0637. The van der Waals surface area contributed by atoms with Crippen LogP contribution in [0.25, 0.3) is 10.8 Å². The third kappa shape index (κ3) is 3.46. The zero-order valence-electron chi connectivity index (χ0n) is 14.4. The summed E-state index contributed by atoms with van der Waals surface area (Å²) in [5.74, 6) is 0.217. The number of nitrogens with one attached hydrogen (secondary N) is 2. The molecule has 1 fully saturated rings. The lowest BCUT2D eigenvalue weighted by Gasteiger charge is -2.19. The Labute approximate surface area is 158 Å². The van der Waals surface area contributed by atoms with Crippen LogP contribution in [-0.4, -0.2) is 19.0 Å². The zero-order valence-corrected chi connectivity index (χ0v) is 15.2. The van der Waals surface area contributed by atoms with Crippen LogP contribution in [0.4, 0.5) is 0 Å². The molecule has 2 N–H and O–H groups in total. The summed E-state index contributed by atoms with van der Waals surface area (Å²) < 4.78 is 0. The van der Waals surface area contributed by atoms with Crippen molar-refractivity contribution in [1.82, 2.24) is 10.6 Å². The number of rotatable bonds is 4. The molecule has 1 heterocycles. The minimum absolute atomic E-state index is 0.0637. The van der Waals surface area contributed by atoms with Gasteiger partial charge in [-0.25, -0.2) is 0 Å². The Morgan fingerprint density at radius 2 is 1.77 bits per heavy atom. The molecule has 3 aromatic rings. The molecule has 2 unspecified atom stereocenters. The van der Waals surface area contributed by atoms with E-state index in [1.165, 1.54) is 10.8 Å². The summed E-state index contributed by atoms with van der Waals surface area (Å²) in [6.07, 6.45) is 0. The van der Waals surface area contributed by atoms with E-state index in [1.54, 1.807) is 0 Å². The second kappa shape index (κ2) is 7.48. The van der Waals surface area contributed by atoms with Gasteiger partial charge in [0.2, 0.25) is 5.91 Å². The highest BCUT2D eigenvalue weighted by Gasteiger charge is 2.33. The fourth-order valence-electron chi connectivity index (χ4n) is 3.77. The molecule has 0 aromatic heterocycles. The average molecular weight is 365 g/mol. The topological polar surface area (TPSA) is 41.1 Å². The molecule has 0 aliphatic carbocycles. The summed E-state index contributed by atoms with van der Waals surface area (Å²) in [5, 5.41) is 9.59. The molecular weight excluding hydrogens is 344 g/mol. The van der Waals surface area contributed by atoms with Crippen molar-refractivity contribution in [3.05, 3.63) is 82.9 Å². The molecule has 3 aromatic carbocycles. The third-order valence-corrected chi connectivity index (χ3v) is 5.43. The van der Waals surface area contributed by atoms with Crippen LogP contribution in [-0.2, 0) is 11.3 Å². The molecule has 0 spiro atoms. The van der Waals surface area contributed by atoms with Crippen molar-refractivity contribution in [2.75, 3.05) is 13.1 Å². The van der Waals surface area contributed by atoms with Crippen molar-refractivity contribution in [3.8, 4) is 0 Å². The maximum Gasteiger partial charge on any atom is 0.225 e. The molecule has 0 saturated carbocycles. The molecule has 1 aliphatic rings. The number of halogens is 1. The van der Waals surface area contributed by atoms with Crippen molar-refractivity contribution >= 4 is 28.3 Å². The van der Waals surface area contributed by atoms with Gasteiger partial charge >= 0.3 is 0 Å². The maximum atomic E-state index is 12.8. The van der Waals surface area contributed by atoms with Gasteiger partial charge in [0.05, 0.1) is 5.92 Å². The molecule has 4 heteroatoms. The first kappa shape index (κ1) is 17.1. The van der Waals surface area contributed by atoms with Gasteiger partial charge in [0, 0.05) is 30.6 Å². The summed E-state index contributed by atoms with van der Waals surface area (Å²) in [4.78, 5) is 12.8. The predicted octanol–water partition coefficient (Wildman–Crippen LogP) is 4.11. The summed E-state index contributed by atoms with van der Waals surface area (Å²) in [7, 11) is 0. The van der Waals surface area contributed by atoms with Gasteiger partial charge in [0.15, 0.2) is 0 Å². The summed E-state index contributed by atoms with van der Waals surface area (Å²) in [6, 6.07) is 22.3. The van der Waals surface area contributed by atoms with Gasteiger partial charge in [-0.15, -0.1) is 0 Å². The molecular formula is C22H21ClN2O. The number of amides is 1. The number of hydrogen-bond donors (Lipinski definition) is 2. The lowest BCUT2D eigenvalue weighted by Crippen LogP contribution is -2.34. The van der Waals surface area contributed by atoms with E-state index in [9.17, 15) is 4.79 Å². The van der Waals surface area contributed by atoms with Crippen LogP contribution in [0, 0.1) is 5.92 Å². The van der Waals surface area contributed by atoms with Gasteiger partial charge in [-0.1, -0.05) is 66.2 Å². The van der Waals surface area contributed by atoms with Crippen LogP contribution < -0.4 is 10.6 Å². The van der Waals surface area contributed by atoms with Crippen LogP contribution in [0.5, 0.6) is 0 Å². The van der Waals surface area contributed by atoms with Crippen LogP contribution in [0.3, 0.4) is 0 Å². The summed E-state index contributed by atoms with van der Waals surface area (Å²) in [5.41, 5.74) is 2.30. The molecule has 26 heavy (non-hydrogen) atoms. The van der Waals surface area contributed by atoms with Crippen molar-refractivity contribution in [2.45, 2.75) is 12.5 Å². The van der Waals surface area contributed by atoms with E-state index < -0.39 is 0 Å². The van der Waals surface area contributed by atoms with Crippen molar-refractivity contribution in [3.63, 3.8) is 0 Å². The van der Waals surface area contributed by atoms with E-state index in [0.29, 0.717) is 13.1 Å². The van der Waals surface area contributed by atoms with Crippen molar-refractivity contribution in [2.24, 2.45) is 5.92 Å². The number of hydrogen-bond acceptors (Lipinski definition) is 2. The summed E-state index contributed by atoms with van der Waals surface area (Å²) >= 11 is 5.99. The first-order valence-electron chi connectivity index (χ1n) is 8.93. The van der Waals surface area contributed by atoms with Gasteiger partial charge < -0.3 is 10.6 Å². The van der Waals surface area contributed by atoms with Crippen LogP contribution >= 0.6 is 11.6 Å². The Balaban J connectivity index is 1.48. The van der Waals surface area contributed by atoms with E-state index in [2.05, 4.69) is 34.9 Å². The Hall–Kier alpha value is -2.36. The molecule has 0 bridgehead atoms. The normalized spacial score (nSPS) is 19.6. The number of benzene rings is 3. The van der Waals surface area contributed by atoms with E-state index in [0.717, 1.165) is 22.7 Å². The number of carbonyl (C=O) groups is 1. The lowest BCUT2D eigenvalue weighted by molar-refractivity contribution is -0.125. The minimum Gasteiger partial charge on any atom is -0.352 e. The fraction of sp³-hybridized carbons (Fsp3) is 0.227. The SMILES string of the molecule is O=C(NCc1cccc2ccccc12)C1CNCC1c1ccc(Cl)cc1. The molecule has 0 radical (unpaired) electrons. The Kier molecular flexibility index (Phi) is 4.91. The second-order valence-electron chi connectivity index (χ2n) is 6.78. The van der Waals surface area contributed by atoms with Crippen LogP contribution in [0.15, 0.2) is 66.7 Å². The molecule has 132 valence electrons. The Morgan fingerprint density at radius 1 is 1.00 bits per heavy atom. The maximum absolute atomic E-state index is 12.8. The summed E-state index contributed by atoms with van der Waals surface area (Å²) in [6.45, 7) is 2.06. The molecule has 2 atom stereocenters. The van der Waals surface area contributed by atoms with E-state index in [4.69, 9.17) is 11.6 Å². The first-order chi connectivity index (χ1) is 12.7. The molecule has 1 aliphatic heterocycles. The largest absolute Gasteiger partial charge is 0.352 e. The van der Waals surface area contributed by atoms with Gasteiger partial charge in [0.1, 0.15) is 0 Å². The molecule has 1 amide bonds. The van der Waals surface area contributed by atoms with E-state index in [1.807, 2.05) is 42.5 Å². The van der Waals surface area contributed by atoms with Crippen molar-refractivity contribution in [1.29, 1.82) is 0 Å². The Bertz CT molecular complexity index is 918.